The molecule has 6 rings (SSSR count). The zero-order valence-electron chi connectivity index (χ0n) is 31.5. The van der Waals surface area contributed by atoms with Crippen LogP contribution < -0.4 is 15.4 Å². The Morgan fingerprint density at radius 1 is 1.13 bits per heavy atom. The van der Waals surface area contributed by atoms with Gasteiger partial charge in [-0.3, -0.25) is 19.5 Å². The van der Waals surface area contributed by atoms with Crippen LogP contribution in [0.5, 0.6) is 5.88 Å². The molecule has 0 radical (unpaired) electrons. The Morgan fingerprint density at radius 3 is 2.63 bits per heavy atom. The number of rotatable bonds is 11. The predicted molar refractivity (Wildman–Crippen MR) is 204 cm³/mol. The highest BCUT2D eigenvalue weighted by Crippen LogP contribution is 2.38. The van der Waals surface area contributed by atoms with E-state index < -0.39 is 11.7 Å². The van der Waals surface area contributed by atoms with Gasteiger partial charge in [-0.2, -0.15) is 0 Å². The van der Waals surface area contributed by atoms with Gasteiger partial charge in [0.15, 0.2) is 5.82 Å². The Hall–Kier alpha value is -5.05. The Kier molecular flexibility index (Phi) is 11.5. The number of aromatic nitrogens is 4. The molecular weight excluding hydrogens is 712 g/mol. The van der Waals surface area contributed by atoms with Crippen LogP contribution >= 0.6 is 11.6 Å². The normalized spacial score (nSPS) is 15.8. The number of hydrogen-bond donors (Lipinski definition) is 3. The summed E-state index contributed by atoms with van der Waals surface area (Å²) in [5.41, 5.74) is 5.57. The average molecular weight is 759 g/mol. The van der Waals surface area contributed by atoms with Gasteiger partial charge in [-0.15, -0.1) is 0 Å². The van der Waals surface area contributed by atoms with E-state index in [2.05, 4.69) is 25.5 Å². The number of amides is 3. The number of carbonyl (C=O) groups excluding carboxylic acids is 3. The minimum atomic E-state index is -0.706. The van der Waals surface area contributed by atoms with Crippen molar-refractivity contribution in [3.05, 3.63) is 76.0 Å². The van der Waals surface area contributed by atoms with Crippen molar-refractivity contribution in [2.45, 2.75) is 71.7 Å². The summed E-state index contributed by atoms with van der Waals surface area (Å²) in [4.78, 5) is 56.5. The molecule has 0 bridgehead atoms. The second-order valence-corrected chi connectivity index (χ2v) is 15.0. The largest absolute Gasteiger partial charge is 0.481 e. The summed E-state index contributed by atoms with van der Waals surface area (Å²) in [7, 11) is 3.37. The molecule has 3 amide bonds. The summed E-state index contributed by atoms with van der Waals surface area (Å²) >= 11 is 7.08. The molecule has 3 aromatic heterocycles. The summed E-state index contributed by atoms with van der Waals surface area (Å²) in [6.45, 7) is 9.76. The first-order valence-corrected chi connectivity index (χ1v) is 18.4. The zero-order chi connectivity index (χ0) is 38.7. The first kappa shape index (κ1) is 38.7. The third-order valence-electron chi connectivity index (χ3n) is 9.63. The molecule has 286 valence electrons. The van der Waals surface area contributed by atoms with Crippen LogP contribution in [0.2, 0.25) is 5.02 Å². The lowest BCUT2D eigenvalue weighted by Crippen LogP contribution is -2.43. The number of carbonyl (C=O) groups is 3. The second-order valence-electron chi connectivity index (χ2n) is 14.6. The third-order valence-corrected chi connectivity index (χ3v) is 10.0. The van der Waals surface area contributed by atoms with Gasteiger partial charge in [0.2, 0.25) is 11.8 Å². The van der Waals surface area contributed by atoms with Crippen LogP contribution in [0.25, 0.3) is 22.5 Å². The van der Waals surface area contributed by atoms with Crippen molar-refractivity contribution >= 4 is 35.2 Å². The lowest BCUT2D eigenvalue weighted by Gasteiger charge is -2.29. The fraction of sp³-hybridized carbons (Fsp3) is 0.436. The average Bonchev–Trinajstić information content (AvgIpc) is 3.70. The van der Waals surface area contributed by atoms with E-state index in [-0.39, 0.29) is 37.6 Å². The van der Waals surface area contributed by atoms with Crippen LogP contribution in [0, 0.1) is 6.92 Å². The van der Waals surface area contributed by atoms with Crippen molar-refractivity contribution in [3.63, 3.8) is 0 Å². The number of halogens is 1. The zero-order valence-corrected chi connectivity index (χ0v) is 32.3. The van der Waals surface area contributed by atoms with Gasteiger partial charge in [0.05, 0.1) is 42.4 Å². The minimum absolute atomic E-state index is 0.0388. The number of methoxy groups -OCH3 is 1. The van der Waals surface area contributed by atoms with E-state index in [0.29, 0.717) is 70.9 Å². The molecule has 1 fully saturated rings. The molecule has 54 heavy (non-hydrogen) atoms. The molecule has 1 saturated heterocycles. The van der Waals surface area contributed by atoms with Gasteiger partial charge in [-0.1, -0.05) is 23.7 Å². The molecule has 2 aliphatic heterocycles. The molecule has 1 atom stereocenters. The maximum Gasteiger partial charge on any atom is 0.410 e. The predicted octanol–water partition coefficient (Wildman–Crippen LogP) is 5.13. The highest BCUT2D eigenvalue weighted by Gasteiger charge is 2.30. The van der Waals surface area contributed by atoms with E-state index in [1.807, 2.05) is 48.9 Å². The van der Waals surface area contributed by atoms with Crippen molar-refractivity contribution in [3.8, 4) is 28.4 Å². The summed E-state index contributed by atoms with van der Waals surface area (Å²) in [6, 6.07) is 10.8. The summed E-state index contributed by atoms with van der Waals surface area (Å²) in [5.74, 6) is 0.257. The van der Waals surface area contributed by atoms with Crippen molar-refractivity contribution < 1.29 is 29.0 Å². The first-order chi connectivity index (χ1) is 25.8. The number of hydrogen-bond acceptors (Lipinski definition) is 10. The van der Waals surface area contributed by atoms with Crippen LogP contribution in [0.15, 0.2) is 42.6 Å². The van der Waals surface area contributed by atoms with Gasteiger partial charge < -0.3 is 34.7 Å². The molecule has 0 aliphatic carbocycles. The van der Waals surface area contributed by atoms with Crippen molar-refractivity contribution in [1.29, 1.82) is 0 Å². The monoisotopic (exact) mass is 758 g/mol. The SMILES string of the molecule is COc1nc(-c2ccnc(-c3cccc(NC(=O)c4nc5c(n4C)CCN(CCO)C5)c3C)c2Cl)ccc1CN(C[C@@H]1CCC(=O)N1)C(=O)OC(C)(C)C. The fourth-order valence-corrected chi connectivity index (χ4v) is 7.20. The molecule has 4 aromatic rings. The van der Waals surface area contributed by atoms with E-state index in [1.165, 1.54) is 7.11 Å². The van der Waals surface area contributed by atoms with Gasteiger partial charge in [0, 0.05) is 86.4 Å². The molecule has 15 heteroatoms. The molecule has 1 aromatic carbocycles. The van der Waals surface area contributed by atoms with Gasteiger partial charge >= 0.3 is 6.09 Å². The van der Waals surface area contributed by atoms with Gasteiger partial charge in [0.1, 0.15) is 5.60 Å². The van der Waals surface area contributed by atoms with Gasteiger partial charge in [-0.05, 0) is 63.9 Å². The topological polar surface area (TPSA) is 164 Å². The minimum Gasteiger partial charge on any atom is -0.481 e. The Morgan fingerprint density at radius 2 is 1.93 bits per heavy atom. The summed E-state index contributed by atoms with van der Waals surface area (Å²) < 4.78 is 13.3. The fourth-order valence-electron chi connectivity index (χ4n) is 6.89. The van der Waals surface area contributed by atoms with Crippen LogP contribution in [-0.2, 0) is 36.1 Å². The maximum atomic E-state index is 13.6. The number of pyridine rings is 2. The number of imidazole rings is 1. The highest BCUT2D eigenvalue weighted by atomic mass is 35.5. The van der Waals surface area contributed by atoms with E-state index in [4.69, 9.17) is 26.1 Å². The highest BCUT2D eigenvalue weighted by molar-refractivity contribution is 6.35. The molecule has 2 aliphatic rings. The lowest BCUT2D eigenvalue weighted by atomic mass is 10.0. The number of aliphatic hydroxyl groups is 1. The number of β-amino-alcohol motifs (C(OH)–C–C–N with tert-alkyl or cyclic N) is 1. The lowest BCUT2D eigenvalue weighted by molar-refractivity contribution is -0.119. The van der Waals surface area contributed by atoms with Crippen molar-refractivity contribution in [2.75, 3.05) is 38.7 Å². The Labute approximate surface area is 319 Å². The molecule has 5 heterocycles. The number of nitrogens with zero attached hydrogens (tertiary/aromatic N) is 6. The van der Waals surface area contributed by atoms with Crippen LogP contribution in [0.1, 0.15) is 66.7 Å². The Bertz CT molecular complexity index is 2060. The van der Waals surface area contributed by atoms with E-state index in [0.717, 1.165) is 35.5 Å². The number of ether oxygens (including phenoxy) is 2. The summed E-state index contributed by atoms with van der Waals surface area (Å²) in [6.07, 6.45) is 2.94. The van der Waals surface area contributed by atoms with Gasteiger partial charge in [0.25, 0.3) is 5.91 Å². The molecule has 14 nitrogen and oxygen atoms in total. The number of benzene rings is 1. The number of aliphatic hydroxyl groups excluding tert-OH is 1. The summed E-state index contributed by atoms with van der Waals surface area (Å²) in [5, 5.41) is 15.7. The molecule has 0 spiro atoms. The molecular formula is C39H47ClN8O6. The smallest absolute Gasteiger partial charge is 0.410 e. The number of anilines is 1. The number of fused-ring (bicyclic) bond motifs is 1. The first-order valence-electron chi connectivity index (χ1n) is 18.0. The van der Waals surface area contributed by atoms with Crippen LogP contribution in [0.4, 0.5) is 10.5 Å². The van der Waals surface area contributed by atoms with E-state index >= 15 is 0 Å². The standard InChI is InChI=1S/C39H47ClN8O6/c1-23-26(8-7-9-28(23)44-36(51)35-43-30-22-47(18-19-49)17-15-31(30)46(35)5)34-33(40)27(14-16-41-34)29-12-10-24(37(45-29)53-6)20-48(38(52)54-39(2,3)4)21-25-11-13-32(50)42-25/h7-10,12,14,16,25,49H,11,13,15,17-22H2,1-6H3,(H,42,50)(H,44,51)/t25-/m0/s1. The van der Waals surface area contributed by atoms with Crippen molar-refractivity contribution in [2.24, 2.45) is 7.05 Å². The molecule has 0 saturated carbocycles. The van der Waals surface area contributed by atoms with Crippen molar-refractivity contribution in [1.82, 2.24) is 34.6 Å². The quantitative estimate of drug-likeness (QED) is 0.187. The maximum absolute atomic E-state index is 13.6. The van der Waals surface area contributed by atoms with E-state index in [9.17, 15) is 19.5 Å². The van der Waals surface area contributed by atoms with Crippen LogP contribution in [-0.4, -0.2) is 97.3 Å². The van der Waals surface area contributed by atoms with Gasteiger partial charge in [-0.25, -0.2) is 14.8 Å². The second kappa shape index (κ2) is 16.1. The van der Waals surface area contributed by atoms with Crippen LogP contribution in [0.3, 0.4) is 0 Å². The molecule has 0 unspecified atom stereocenters. The molecule has 3 N–H and O–H groups in total. The third kappa shape index (κ3) is 8.51. The van der Waals surface area contributed by atoms with E-state index in [1.54, 1.807) is 37.9 Å². The Balaban J connectivity index is 1.24. The number of nitrogens with one attached hydrogen (secondary N) is 2.